The molecule has 1 saturated carbocycles. The van der Waals surface area contributed by atoms with Crippen LogP contribution in [0.25, 0.3) is 0 Å². The van der Waals surface area contributed by atoms with Crippen LogP contribution in [0.4, 0.5) is 0 Å². The molecule has 0 aromatic rings. The fraction of sp³-hybridized carbons (Fsp3) is 0.889. The average Bonchev–Trinajstić information content (AvgIpc) is 2.23. The molecule has 0 unspecified atom stereocenters. The van der Waals surface area contributed by atoms with Gasteiger partial charge in [-0.25, -0.2) is 4.79 Å². The highest BCUT2D eigenvalue weighted by atomic mass is 16.6. The van der Waals surface area contributed by atoms with Crippen molar-refractivity contribution in [2.45, 2.75) is 43.9 Å². The predicted octanol–water partition coefficient (Wildman–Crippen LogP) is 0.198. The number of ether oxygens (including phenoxy) is 2. The summed E-state index contributed by atoms with van der Waals surface area (Å²) >= 11 is 0. The van der Waals surface area contributed by atoms with E-state index >= 15 is 0 Å². The maximum Gasteiger partial charge on any atom is 0.338 e. The van der Waals surface area contributed by atoms with E-state index in [0.717, 1.165) is 6.42 Å². The van der Waals surface area contributed by atoms with Crippen LogP contribution in [0.5, 0.6) is 0 Å². The Balaban J connectivity index is 2.19. The number of nitrogens with two attached hydrogens (primary N) is 1. The van der Waals surface area contributed by atoms with E-state index in [1.165, 1.54) is 0 Å². The van der Waals surface area contributed by atoms with E-state index in [4.69, 9.17) is 15.2 Å². The van der Waals surface area contributed by atoms with Crippen LogP contribution in [-0.2, 0) is 14.3 Å². The minimum absolute atomic E-state index is 0.0113. The molecule has 0 amide bonds. The smallest absolute Gasteiger partial charge is 0.338 e. The van der Waals surface area contributed by atoms with Crippen LogP contribution >= 0.6 is 0 Å². The lowest BCUT2D eigenvalue weighted by Crippen LogP contribution is -2.46. The molecule has 4 nitrogen and oxygen atoms in total. The van der Waals surface area contributed by atoms with Gasteiger partial charge in [-0.1, -0.05) is 0 Å². The zero-order chi connectivity index (χ0) is 9.47. The van der Waals surface area contributed by atoms with Gasteiger partial charge in [0, 0.05) is 25.5 Å². The quantitative estimate of drug-likeness (QED) is 0.624. The first-order valence-electron chi connectivity index (χ1n) is 4.77. The Morgan fingerprint density at radius 1 is 1.69 bits per heavy atom. The van der Waals surface area contributed by atoms with Crippen molar-refractivity contribution in [2.75, 3.05) is 6.61 Å². The van der Waals surface area contributed by atoms with Gasteiger partial charge >= 0.3 is 5.97 Å². The molecule has 2 aliphatic rings. The van der Waals surface area contributed by atoms with Crippen LogP contribution in [0.15, 0.2) is 0 Å². The van der Waals surface area contributed by atoms with Crippen LogP contribution < -0.4 is 5.73 Å². The highest BCUT2D eigenvalue weighted by Gasteiger charge is 2.54. The minimum Gasteiger partial charge on any atom is -0.460 e. The maximum atomic E-state index is 11.5. The zero-order valence-electron chi connectivity index (χ0n) is 7.79. The Kier molecular flexibility index (Phi) is 2.04. The summed E-state index contributed by atoms with van der Waals surface area (Å²) < 4.78 is 10.7. The third-order valence-electron chi connectivity index (χ3n) is 2.78. The van der Waals surface area contributed by atoms with E-state index in [2.05, 4.69) is 0 Å². The summed E-state index contributed by atoms with van der Waals surface area (Å²) in [6.45, 7) is 2.42. The zero-order valence-corrected chi connectivity index (χ0v) is 7.79. The third kappa shape index (κ3) is 1.34. The summed E-state index contributed by atoms with van der Waals surface area (Å²) in [7, 11) is 0. The first-order valence-corrected chi connectivity index (χ1v) is 4.77. The van der Waals surface area contributed by atoms with Crippen molar-refractivity contribution in [3.05, 3.63) is 0 Å². The standard InChI is InChI=1S/C9H15NO3/c1-2-12-9-4-6(10)3-7(5-9)13-8(9)11/h6-7H,2-5,10H2,1H3/t6-,7-,9-/m0/s1. The van der Waals surface area contributed by atoms with Crippen molar-refractivity contribution in [1.29, 1.82) is 0 Å². The highest BCUT2D eigenvalue weighted by molar-refractivity contribution is 5.82. The Hall–Kier alpha value is -0.610. The van der Waals surface area contributed by atoms with E-state index in [-0.39, 0.29) is 18.1 Å². The van der Waals surface area contributed by atoms with Gasteiger partial charge in [0.2, 0.25) is 0 Å². The molecule has 0 spiro atoms. The molecule has 4 heteroatoms. The molecule has 13 heavy (non-hydrogen) atoms. The van der Waals surface area contributed by atoms with E-state index in [1.54, 1.807) is 0 Å². The summed E-state index contributed by atoms with van der Waals surface area (Å²) in [5.74, 6) is -0.215. The molecule has 1 saturated heterocycles. The number of hydrogen-bond donors (Lipinski definition) is 1. The van der Waals surface area contributed by atoms with Gasteiger partial charge in [0.25, 0.3) is 0 Å². The first kappa shape index (κ1) is 8.97. The predicted molar refractivity (Wildman–Crippen MR) is 46.1 cm³/mol. The Morgan fingerprint density at radius 3 is 3.15 bits per heavy atom. The van der Waals surface area contributed by atoms with Crippen LogP contribution in [0, 0.1) is 0 Å². The van der Waals surface area contributed by atoms with Crippen LogP contribution in [0.3, 0.4) is 0 Å². The average molecular weight is 185 g/mol. The molecule has 0 aromatic heterocycles. The van der Waals surface area contributed by atoms with E-state index in [9.17, 15) is 4.79 Å². The number of esters is 1. The molecule has 2 fully saturated rings. The summed E-state index contributed by atoms with van der Waals surface area (Å²) in [5.41, 5.74) is 5.11. The van der Waals surface area contributed by atoms with Gasteiger partial charge in [-0.3, -0.25) is 0 Å². The molecular weight excluding hydrogens is 170 g/mol. The van der Waals surface area contributed by atoms with Crippen molar-refractivity contribution < 1.29 is 14.3 Å². The molecule has 1 heterocycles. The van der Waals surface area contributed by atoms with Gasteiger partial charge < -0.3 is 15.2 Å². The van der Waals surface area contributed by atoms with Gasteiger partial charge in [0.1, 0.15) is 6.10 Å². The van der Waals surface area contributed by atoms with Crippen LogP contribution in [-0.4, -0.2) is 30.3 Å². The summed E-state index contributed by atoms with van der Waals surface area (Å²) in [4.78, 5) is 11.5. The lowest BCUT2D eigenvalue weighted by Gasteiger charge is -2.30. The molecule has 3 atom stereocenters. The fourth-order valence-corrected chi connectivity index (χ4v) is 2.35. The van der Waals surface area contributed by atoms with E-state index in [0.29, 0.717) is 19.4 Å². The molecule has 2 rings (SSSR count). The second kappa shape index (κ2) is 2.96. The first-order chi connectivity index (χ1) is 6.16. The van der Waals surface area contributed by atoms with Crippen molar-refractivity contribution in [1.82, 2.24) is 0 Å². The number of fused-ring (bicyclic) bond motifs is 2. The van der Waals surface area contributed by atoms with E-state index < -0.39 is 5.60 Å². The molecule has 1 aliphatic heterocycles. The summed E-state index contributed by atoms with van der Waals surface area (Å²) in [6, 6.07) is 0.0387. The lowest BCUT2D eigenvalue weighted by molar-refractivity contribution is -0.159. The molecule has 0 aromatic carbocycles. The van der Waals surface area contributed by atoms with Crippen molar-refractivity contribution in [3.63, 3.8) is 0 Å². The van der Waals surface area contributed by atoms with Gasteiger partial charge in [0.05, 0.1) is 0 Å². The van der Waals surface area contributed by atoms with Crippen molar-refractivity contribution in [3.8, 4) is 0 Å². The van der Waals surface area contributed by atoms with Gasteiger partial charge in [-0.2, -0.15) is 0 Å². The van der Waals surface area contributed by atoms with Crippen molar-refractivity contribution >= 4 is 5.97 Å². The fourth-order valence-electron chi connectivity index (χ4n) is 2.35. The SMILES string of the molecule is CCO[C@@]12C[C@@H](N)C[C@@H](C1)OC2=O. The molecule has 2 bridgehead atoms. The Labute approximate surface area is 77.4 Å². The van der Waals surface area contributed by atoms with Crippen LogP contribution in [0.2, 0.25) is 0 Å². The monoisotopic (exact) mass is 185 g/mol. The van der Waals surface area contributed by atoms with Crippen molar-refractivity contribution in [2.24, 2.45) is 5.73 Å². The van der Waals surface area contributed by atoms with Gasteiger partial charge in [-0.05, 0) is 13.3 Å². The normalized spacial score (nSPS) is 43.4. The highest BCUT2D eigenvalue weighted by Crippen LogP contribution is 2.39. The minimum atomic E-state index is -0.711. The molecule has 2 N–H and O–H groups in total. The van der Waals surface area contributed by atoms with E-state index in [1.807, 2.05) is 6.92 Å². The molecular formula is C9H15NO3. The Bertz CT molecular complexity index is 231. The molecule has 1 aliphatic carbocycles. The number of carbonyl (C=O) groups is 1. The molecule has 74 valence electrons. The third-order valence-corrected chi connectivity index (χ3v) is 2.78. The largest absolute Gasteiger partial charge is 0.460 e. The number of carbonyl (C=O) groups excluding carboxylic acids is 1. The lowest BCUT2D eigenvalue weighted by atomic mass is 9.83. The second-order valence-electron chi connectivity index (χ2n) is 3.86. The maximum absolute atomic E-state index is 11.5. The second-order valence-corrected chi connectivity index (χ2v) is 3.86. The van der Waals surface area contributed by atoms with Gasteiger partial charge in [0.15, 0.2) is 5.60 Å². The number of hydrogen-bond acceptors (Lipinski definition) is 4. The molecule has 0 radical (unpaired) electrons. The van der Waals surface area contributed by atoms with Crippen LogP contribution in [0.1, 0.15) is 26.2 Å². The summed E-state index contributed by atoms with van der Waals surface area (Å²) in [6.07, 6.45) is 2.06. The Morgan fingerprint density at radius 2 is 2.46 bits per heavy atom. The summed E-state index contributed by atoms with van der Waals surface area (Å²) in [5, 5.41) is 0. The van der Waals surface area contributed by atoms with Gasteiger partial charge in [-0.15, -0.1) is 0 Å². The topological polar surface area (TPSA) is 61.6 Å². The number of rotatable bonds is 2.